The number of rotatable bonds is 5. The first kappa shape index (κ1) is 15.4. The summed E-state index contributed by atoms with van der Waals surface area (Å²) in [4.78, 5) is 16.1. The van der Waals surface area contributed by atoms with E-state index in [2.05, 4.69) is 15.6 Å². The van der Waals surface area contributed by atoms with Crippen LogP contribution in [0.2, 0.25) is 0 Å². The average Bonchev–Trinajstić information content (AvgIpc) is 2.94. The van der Waals surface area contributed by atoms with Gasteiger partial charge in [-0.1, -0.05) is 19.1 Å². The van der Waals surface area contributed by atoms with Crippen LogP contribution in [0.3, 0.4) is 0 Å². The van der Waals surface area contributed by atoms with Crippen molar-refractivity contribution in [3.05, 3.63) is 51.2 Å². The van der Waals surface area contributed by atoms with Crippen molar-refractivity contribution in [2.45, 2.75) is 33.4 Å². The van der Waals surface area contributed by atoms with E-state index >= 15 is 0 Å². The normalized spacial score (nSPS) is 10.4. The van der Waals surface area contributed by atoms with E-state index in [1.54, 1.807) is 30.4 Å². The second-order valence-corrected chi connectivity index (χ2v) is 5.65. The number of benzene rings is 1. The highest BCUT2D eigenvalue weighted by molar-refractivity contribution is 7.09. The van der Waals surface area contributed by atoms with Crippen LogP contribution >= 0.6 is 11.3 Å². The van der Waals surface area contributed by atoms with E-state index in [0.717, 1.165) is 22.7 Å². The maximum atomic E-state index is 13.1. The molecule has 0 radical (unpaired) electrons. The minimum Gasteiger partial charge on any atom is -0.334 e. The lowest BCUT2D eigenvalue weighted by Crippen LogP contribution is -2.34. The Morgan fingerprint density at radius 3 is 2.76 bits per heavy atom. The van der Waals surface area contributed by atoms with Gasteiger partial charge in [-0.2, -0.15) is 0 Å². The fourth-order valence-electron chi connectivity index (χ4n) is 1.82. The van der Waals surface area contributed by atoms with Crippen molar-refractivity contribution in [1.29, 1.82) is 0 Å². The van der Waals surface area contributed by atoms with E-state index in [4.69, 9.17) is 0 Å². The number of nitrogens with one attached hydrogen (secondary N) is 2. The molecule has 0 atom stereocenters. The van der Waals surface area contributed by atoms with E-state index in [-0.39, 0.29) is 11.8 Å². The van der Waals surface area contributed by atoms with Gasteiger partial charge in [-0.15, -0.1) is 11.3 Å². The maximum Gasteiger partial charge on any atom is 0.315 e. The third-order valence-electron chi connectivity index (χ3n) is 3.01. The molecule has 4 nitrogen and oxygen atoms in total. The Balaban J connectivity index is 1.77. The molecule has 0 aliphatic heterocycles. The van der Waals surface area contributed by atoms with Crippen LogP contribution < -0.4 is 10.6 Å². The largest absolute Gasteiger partial charge is 0.334 e. The molecule has 2 rings (SSSR count). The smallest absolute Gasteiger partial charge is 0.315 e. The topological polar surface area (TPSA) is 54.0 Å². The average molecular weight is 307 g/mol. The lowest BCUT2D eigenvalue weighted by molar-refractivity contribution is 0.240. The van der Waals surface area contributed by atoms with Crippen molar-refractivity contribution in [2.24, 2.45) is 0 Å². The van der Waals surface area contributed by atoms with Crippen LogP contribution in [-0.4, -0.2) is 11.0 Å². The van der Waals surface area contributed by atoms with Gasteiger partial charge >= 0.3 is 6.03 Å². The van der Waals surface area contributed by atoms with Crippen LogP contribution in [0.15, 0.2) is 23.6 Å². The molecule has 6 heteroatoms. The predicted octanol–water partition coefficient (Wildman–Crippen LogP) is 3.15. The molecule has 1 aromatic carbocycles. The molecule has 112 valence electrons. The van der Waals surface area contributed by atoms with Crippen molar-refractivity contribution < 1.29 is 9.18 Å². The first-order valence-electron chi connectivity index (χ1n) is 6.78. The number of aryl methyl sites for hydroxylation is 2. The van der Waals surface area contributed by atoms with E-state index in [0.29, 0.717) is 18.7 Å². The van der Waals surface area contributed by atoms with Gasteiger partial charge in [0.05, 0.1) is 17.2 Å². The quantitative estimate of drug-likeness (QED) is 0.891. The third kappa shape index (κ3) is 4.53. The van der Waals surface area contributed by atoms with Gasteiger partial charge in [0.15, 0.2) is 0 Å². The molecule has 0 saturated carbocycles. The summed E-state index contributed by atoms with van der Waals surface area (Å²) in [6, 6.07) is 4.54. The molecule has 0 aliphatic carbocycles. The Kier molecular flexibility index (Phi) is 5.27. The van der Waals surface area contributed by atoms with Gasteiger partial charge in [0.1, 0.15) is 5.82 Å². The Morgan fingerprint density at radius 2 is 2.10 bits per heavy atom. The van der Waals surface area contributed by atoms with E-state index in [9.17, 15) is 9.18 Å². The molecule has 0 unspecified atom stereocenters. The zero-order valence-electron chi connectivity index (χ0n) is 12.1. The summed E-state index contributed by atoms with van der Waals surface area (Å²) in [5, 5.41) is 8.50. The summed E-state index contributed by atoms with van der Waals surface area (Å²) in [5.41, 5.74) is 2.31. The lowest BCUT2D eigenvalue weighted by atomic mass is 10.1. The van der Waals surface area contributed by atoms with Crippen LogP contribution in [0.25, 0.3) is 0 Å². The highest BCUT2D eigenvalue weighted by Gasteiger charge is 2.04. The molecule has 1 heterocycles. The molecular formula is C15H18FN3OS. The number of carbonyl (C=O) groups is 1. The number of urea groups is 1. The second kappa shape index (κ2) is 7.17. The van der Waals surface area contributed by atoms with E-state index in [1.807, 2.05) is 12.3 Å². The van der Waals surface area contributed by atoms with Crippen molar-refractivity contribution in [3.8, 4) is 0 Å². The summed E-state index contributed by atoms with van der Waals surface area (Å²) in [7, 11) is 0. The van der Waals surface area contributed by atoms with Crippen LogP contribution in [0, 0.1) is 12.7 Å². The summed E-state index contributed by atoms with van der Waals surface area (Å²) in [5.74, 6) is -0.238. The Morgan fingerprint density at radius 1 is 1.33 bits per heavy atom. The first-order valence-corrected chi connectivity index (χ1v) is 7.66. The van der Waals surface area contributed by atoms with Gasteiger partial charge in [-0.25, -0.2) is 14.2 Å². The monoisotopic (exact) mass is 307 g/mol. The molecular weight excluding hydrogens is 289 g/mol. The Hall–Kier alpha value is -1.95. The van der Waals surface area contributed by atoms with Gasteiger partial charge in [0, 0.05) is 11.9 Å². The number of nitrogens with zero attached hydrogens (tertiary/aromatic N) is 1. The minimum absolute atomic E-state index is 0.238. The van der Waals surface area contributed by atoms with Gasteiger partial charge in [-0.05, 0) is 30.5 Å². The summed E-state index contributed by atoms with van der Waals surface area (Å²) >= 11 is 1.60. The predicted molar refractivity (Wildman–Crippen MR) is 81.7 cm³/mol. The van der Waals surface area contributed by atoms with Gasteiger partial charge in [-0.3, -0.25) is 0 Å². The molecule has 0 aliphatic rings. The molecule has 21 heavy (non-hydrogen) atoms. The SMILES string of the molecule is CCc1nc(CNC(=O)NCc2ccc(F)c(C)c2)cs1. The molecule has 2 amide bonds. The lowest BCUT2D eigenvalue weighted by Gasteiger charge is -2.07. The van der Waals surface area contributed by atoms with Gasteiger partial charge < -0.3 is 10.6 Å². The molecule has 0 bridgehead atoms. The second-order valence-electron chi connectivity index (χ2n) is 4.71. The van der Waals surface area contributed by atoms with E-state index in [1.165, 1.54) is 6.07 Å². The number of thiazole rings is 1. The molecule has 0 saturated heterocycles. The Bertz CT molecular complexity index is 627. The van der Waals surface area contributed by atoms with Crippen LogP contribution in [0.4, 0.5) is 9.18 Å². The summed E-state index contributed by atoms with van der Waals surface area (Å²) < 4.78 is 13.1. The zero-order valence-corrected chi connectivity index (χ0v) is 12.9. The summed E-state index contributed by atoms with van der Waals surface area (Å²) in [6.45, 7) is 4.52. The molecule has 0 fully saturated rings. The Labute approximate surface area is 127 Å². The number of hydrogen-bond donors (Lipinski definition) is 2. The zero-order chi connectivity index (χ0) is 15.2. The number of halogens is 1. The number of hydrogen-bond acceptors (Lipinski definition) is 3. The molecule has 2 aromatic rings. The first-order chi connectivity index (χ1) is 10.1. The maximum absolute atomic E-state index is 13.1. The number of amides is 2. The van der Waals surface area contributed by atoms with Gasteiger partial charge in [0.25, 0.3) is 0 Å². The van der Waals surface area contributed by atoms with Crippen LogP contribution in [0.5, 0.6) is 0 Å². The highest BCUT2D eigenvalue weighted by Crippen LogP contribution is 2.10. The molecule has 0 spiro atoms. The summed E-state index contributed by atoms with van der Waals surface area (Å²) in [6.07, 6.45) is 0.904. The molecule has 1 aromatic heterocycles. The van der Waals surface area contributed by atoms with E-state index < -0.39 is 0 Å². The van der Waals surface area contributed by atoms with Crippen LogP contribution in [-0.2, 0) is 19.5 Å². The molecule has 2 N–H and O–H groups in total. The van der Waals surface area contributed by atoms with Crippen molar-refractivity contribution in [1.82, 2.24) is 15.6 Å². The number of carbonyl (C=O) groups excluding carboxylic acids is 1. The fraction of sp³-hybridized carbons (Fsp3) is 0.333. The van der Waals surface area contributed by atoms with Gasteiger partial charge in [0.2, 0.25) is 0 Å². The fourth-order valence-corrected chi connectivity index (χ4v) is 2.57. The van der Waals surface area contributed by atoms with Crippen molar-refractivity contribution >= 4 is 17.4 Å². The third-order valence-corrected chi connectivity index (χ3v) is 4.05. The number of aromatic nitrogens is 1. The van der Waals surface area contributed by atoms with Crippen molar-refractivity contribution in [2.75, 3.05) is 0 Å². The van der Waals surface area contributed by atoms with Crippen molar-refractivity contribution in [3.63, 3.8) is 0 Å². The minimum atomic E-state index is -0.261. The van der Waals surface area contributed by atoms with Crippen LogP contribution in [0.1, 0.15) is 28.8 Å². The highest BCUT2D eigenvalue weighted by atomic mass is 32.1. The standard InChI is InChI=1S/C15H18FN3OS/c1-3-14-19-12(9-21-14)8-18-15(20)17-7-11-4-5-13(16)10(2)6-11/h4-6,9H,3,7-8H2,1-2H3,(H2,17,18,20).